The number of halogens is 3. The molecule has 5 aromatic rings. The molecule has 9 heteroatoms. The number of hydrogen-bond acceptors (Lipinski definition) is 4. The molecule has 0 aliphatic carbocycles. The molecule has 0 saturated heterocycles. The Morgan fingerprint density at radius 2 is 1.71 bits per heavy atom. The Balaban J connectivity index is 0.000000398. The average Bonchev–Trinajstić information content (AvgIpc) is 3.32. The quantitative estimate of drug-likeness (QED) is 0.318. The molecule has 0 amide bonds. The fourth-order valence-electron chi connectivity index (χ4n) is 3.47. The fourth-order valence-corrected chi connectivity index (χ4v) is 3.78. The van der Waals surface area contributed by atoms with Crippen LogP contribution in [0.25, 0.3) is 22.2 Å². The fraction of sp³-hybridized carbons (Fsp3) is 0.120. The van der Waals surface area contributed by atoms with Crippen LogP contribution in [0.15, 0.2) is 84.0 Å². The molecule has 0 N–H and O–H groups in total. The van der Waals surface area contributed by atoms with E-state index in [-0.39, 0.29) is 5.56 Å². The second kappa shape index (κ2) is 10.2. The molecule has 3 aromatic heterocycles. The number of fused-ring (bicyclic) bond motifs is 1. The first-order chi connectivity index (χ1) is 16.3. The summed E-state index contributed by atoms with van der Waals surface area (Å²) in [6.07, 6.45) is 3.52. The summed E-state index contributed by atoms with van der Waals surface area (Å²) in [5, 5.41) is 8.90. The van der Waals surface area contributed by atoms with Crippen LogP contribution in [0.3, 0.4) is 0 Å². The second-order valence-electron chi connectivity index (χ2n) is 7.60. The standard InChI is InChI=1S/C22H15Cl2FN2O.C3H5N3/c1-27-20(28)11-18(14-3-2-4-17(24)9-14)19-10-15(12-26-22(19)27)21(25)13-5-7-16(23)8-6-13;1-6-3-2-4-5-6/h2-12,21H,1H3;2-3H,1H3. The van der Waals surface area contributed by atoms with Crippen LogP contribution in [0, 0.1) is 0 Å². The number of pyridine rings is 2. The van der Waals surface area contributed by atoms with Gasteiger partial charge in [-0.3, -0.25) is 14.0 Å². The number of aromatic nitrogens is 5. The van der Waals surface area contributed by atoms with Crippen LogP contribution in [0.4, 0.5) is 4.39 Å². The van der Waals surface area contributed by atoms with E-state index in [0.29, 0.717) is 37.8 Å². The minimum absolute atomic E-state index is 0.197. The summed E-state index contributed by atoms with van der Waals surface area (Å²) in [5.41, 5.74) is 2.61. The Morgan fingerprint density at radius 3 is 2.32 bits per heavy atom. The van der Waals surface area contributed by atoms with Gasteiger partial charge in [-0.2, -0.15) is 0 Å². The summed E-state index contributed by atoms with van der Waals surface area (Å²) in [4.78, 5) is 16.8. The molecule has 1 atom stereocenters. The molecular weight excluding hydrogens is 476 g/mol. The summed E-state index contributed by atoms with van der Waals surface area (Å²) in [6.45, 7) is 0. The third-order valence-corrected chi connectivity index (χ3v) is 5.71. The smallest absolute Gasteiger partial charge is 0.252 e. The molecule has 5 rings (SSSR count). The van der Waals surface area contributed by atoms with Crippen LogP contribution in [0.2, 0.25) is 10.0 Å². The third kappa shape index (κ3) is 5.16. The van der Waals surface area contributed by atoms with Crippen molar-refractivity contribution in [2.75, 3.05) is 0 Å². The Kier molecular flexibility index (Phi) is 7.05. The summed E-state index contributed by atoms with van der Waals surface area (Å²) in [7, 11) is 3.47. The van der Waals surface area contributed by atoms with Gasteiger partial charge in [0.25, 0.3) is 5.56 Å². The number of hydrogen-bond donors (Lipinski definition) is 0. The van der Waals surface area contributed by atoms with Gasteiger partial charge >= 0.3 is 0 Å². The largest absolute Gasteiger partial charge is 0.296 e. The zero-order valence-electron chi connectivity index (χ0n) is 18.4. The van der Waals surface area contributed by atoms with E-state index in [1.165, 1.54) is 16.8 Å². The highest BCUT2D eigenvalue weighted by atomic mass is 35.5. The van der Waals surface area contributed by atoms with Crippen LogP contribution < -0.4 is 5.56 Å². The molecule has 172 valence electrons. The summed E-state index contributed by atoms with van der Waals surface area (Å²) >= 11 is 12.0. The SMILES string of the molecule is Cn1c(=O)cc(-c2cccc(Cl)c2)c2cc(C(F)c3ccc(Cl)cc3)cnc21.Cn1ccnn1. The molecular formula is C25H20Cl2FN5O. The Morgan fingerprint density at radius 1 is 0.941 bits per heavy atom. The van der Waals surface area contributed by atoms with Crippen molar-refractivity contribution in [1.82, 2.24) is 24.5 Å². The maximum atomic E-state index is 15.1. The molecule has 34 heavy (non-hydrogen) atoms. The molecule has 0 fully saturated rings. The maximum absolute atomic E-state index is 15.1. The monoisotopic (exact) mass is 495 g/mol. The van der Waals surface area contributed by atoms with Crippen molar-refractivity contribution in [3.05, 3.63) is 111 Å². The summed E-state index contributed by atoms with van der Waals surface area (Å²) in [5.74, 6) is 0. The van der Waals surface area contributed by atoms with Gasteiger partial charge in [0.15, 0.2) is 6.17 Å². The minimum atomic E-state index is -1.36. The molecule has 0 spiro atoms. The van der Waals surface area contributed by atoms with Crippen LogP contribution >= 0.6 is 23.2 Å². The predicted octanol–water partition coefficient (Wildman–Crippen LogP) is 5.78. The van der Waals surface area contributed by atoms with Gasteiger partial charge in [0.05, 0.1) is 6.20 Å². The molecule has 2 aromatic carbocycles. The van der Waals surface area contributed by atoms with E-state index in [1.807, 2.05) is 19.2 Å². The zero-order valence-corrected chi connectivity index (χ0v) is 19.9. The highest BCUT2D eigenvalue weighted by molar-refractivity contribution is 6.31. The lowest BCUT2D eigenvalue weighted by atomic mass is 9.99. The third-order valence-electron chi connectivity index (χ3n) is 5.23. The highest BCUT2D eigenvalue weighted by Crippen LogP contribution is 2.32. The lowest BCUT2D eigenvalue weighted by molar-refractivity contribution is 0.401. The molecule has 0 radical (unpaired) electrons. The topological polar surface area (TPSA) is 65.6 Å². The molecule has 6 nitrogen and oxygen atoms in total. The Bertz CT molecular complexity index is 1480. The molecule has 0 aliphatic rings. The Labute approximate surface area is 205 Å². The van der Waals surface area contributed by atoms with Gasteiger partial charge in [0, 0.05) is 53.6 Å². The van der Waals surface area contributed by atoms with E-state index < -0.39 is 6.17 Å². The van der Waals surface area contributed by atoms with E-state index in [1.54, 1.807) is 66.6 Å². The van der Waals surface area contributed by atoms with Crippen molar-refractivity contribution in [3.8, 4) is 11.1 Å². The normalized spacial score (nSPS) is 11.7. The number of rotatable bonds is 3. The van der Waals surface area contributed by atoms with Gasteiger partial charge in [0.1, 0.15) is 5.65 Å². The zero-order chi connectivity index (χ0) is 24.2. The van der Waals surface area contributed by atoms with Gasteiger partial charge in [-0.05, 0) is 47.0 Å². The average molecular weight is 496 g/mol. The van der Waals surface area contributed by atoms with Crippen LogP contribution in [0.5, 0.6) is 0 Å². The van der Waals surface area contributed by atoms with Crippen LogP contribution in [0.1, 0.15) is 17.3 Å². The predicted molar refractivity (Wildman–Crippen MR) is 133 cm³/mol. The maximum Gasteiger partial charge on any atom is 0.252 e. The van der Waals surface area contributed by atoms with Gasteiger partial charge in [-0.15, -0.1) is 5.10 Å². The summed E-state index contributed by atoms with van der Waals surface area (Å²) in [6, 6.07) is 17.1. The number of alkyl halides is 1. The lowest BCUT2D eigenvalue weighted by Crippen LogP contribution is -2.17. The van der Waals surface area contributed by atoms with Crippen LogP contribution in [-0.2, 0) is 14.1 Å². The van der Waals surface area contributed by atoms with Gasteiger partial charge < -0.3 is 0 Å². The lowest BCUT2D eigenvalue weighted by Gasteiger charge is -2.14. The van der Waals surface area contributed by atoms with Crippen LogP contribution in [-0.4, -0.2) is 24.5 Å². The first kappa shape index (κ1) is 23.6. The van der Waals surface area contributed by atoms with Crippen molar-refractivity contribution >= 4 is 34.2 Å². The van der Waals surface area contributed by atoms with Gasteiger partial charge in [-0.25, -0.2) is 9.37 Å². The van der Waals surface area contributed by atoms with Crippen molar-refractivity contribution in [2.45, 2.75) is 6.17 Å². The number of aryl methyl sites for hydroxylation is 2. The molecule has 0 bridgehead atoms. The first-order valence-electron chi connectivity index (χ1n) is 10.3. The van der Waals surface area contributed by atoms with Gasteiger partial charge in [0.2, 0.25) is 0 Å². The molecule has 0 aliphatic heterocycles. The van der Waals surface area contributed by atoms with E-state index in [9.17, 15) is 4.79 Å². The number of nitrogens with zero attached hydrogens (tertiary/aromatic N) is 5. The number of benzene rings is 2. The molecule has 0 saturated carbocycles. The van der Waals surface area contributed by atoms with Crippen molar-refractivity contribution in [3.63, 3.8) is 0 Å². The van der Waals surface area contributed by atoms with E-state index in [4.69, 9.17) is 23.2 Å². The van der Waals surface area contributed by atoms with E-state index in [0.717, 1.165) is 5.56 Å². The van der Waals surface area contributed by atoms with Gasteiger partial charge in [-0.1, -0.05) is 52.7 Å². The van der Waals surface area contributed by atoms with Crippen molar-refractivity contribution in [2.24, 2.45) is 14.1 Å². The highest BCUT2D eigenvalue weighted by Gasteiger charge is 2.17. The Hall–Kier alpha value is -3.55. The van der Waals surface area contributed by atoms with E-state index in [2.05, 4.69) is 15.3 Å². The molecule has 1 unspecified atom stereocenters. The minimum Gasteiger partial charge on any atom is -0.296 e. The summed E-state index contributed by atoms with van der Waals surface area (Å²) < 4.78 is 18.2. The first-order valence-corrected chi connectivity index (χ1v) is 11.0. The molecule has 3 heterocycles. The van der Waals surface area contributed by atoms with Crippen molar-refractivity contribution in [1.29, 1.82) is 0 Å². The van der Waals surface area contributed by atoms with E-state index >= 15 is 4.39 Å². The second-order valence-corrected chi connectivity index (χ2v) is 8.47. The van der Waals surface area contributed by atoms with Crippen molar-refractivity contribution < 1.29 is 4.39 Å².